The summed E-state index contributed by atoms with van der Waals surface area (Å²) in [7, 11) is 1.64. The Morgan fingerprint density at radius 1 is 0.829 bits per heavy atom. The van der Waals surface area contributed by atoms with Crippen LogP contribution in [-0.2, 0) is 0 Å². The third kappa shape index (κ3) is 5.60. The molecule has 6 rings (SSSR count). The third-order valence-electron chi connectivity index (χ3n) is 6.88. The highest BCUT2D eigenvalue weighted by atomic mass is 32.1. The number of nitrogens with one attached hydrogen (secondary N) is 1. The van der Waals surface area contributed by atoms with Gasteiger partial charge in [0.1, 0.15) is 40.6 Å². The van der Waals surface area contributed by atoms with Gasteiger partial charge in [-0.15, -0.1) is 0 Å². The maximum absolute atomic E-state index is 6.48. The fourth-order valence-corrected chi connectivity index (χ4v) is 5.27. The van der Waals surface area contributed by atoms with Gasteiger partial charge >= 0.3 is 0 Å². The topological polar surface area (TPSA) is 69.0 Å². The summed E-state index contributed by atoms with van der Waals surface area (Å²) in [6.07, 6.45) is 1.79. The molecule has 1 saturated heterocycles. The maximum Gasteiger partial charge on any atom is 0.174 e. The minimum atomic E-state index is -0.262. The number of methoxy groups -OCH3 is 1. The first-order chi connectivity index (χ1) is 20.1. The third-order valence-corrected chi connectivity index (χ3v) is 7.19. The first-order valence-electron chi connectivity index (χ1n) is 13.4. The Hall–Kier alpha value is -4.82. The summed E-state index contributed by atoms with van der Waals surface area (Å²) in [5, 5.41) is 4.07. The number of aromatic nitrogens is 1. The molecular weight excluding hydrogens is 534 g/mol. The Balaban J connectivity index is 1.30. The predicted molar refractivity (Wildman–Crippen MR) is 163 cm³/mol. The van der Waals surface area contributed by atoms with Crippen molar-refractivity contribution in [3.63, 3.8) is 0 Å². The molecule has 1 aliphatic heterocycles. The molecule has 1 aliphatic rings. The normalized spacial score (nSPS) is 16.3. The number of thiocarbonyl (C=S) groups is 1. The van der Waals surface area contributed by atoms with Crippen LogP contribution in [0.2, 0.25) is 0 Å². The van der Waals surface area contributed by atoms with Crippen molar-refractivity contribution in [1.82, 2.24) is 10.3 Å². The van der Waals surface area contributed by atoms with Crippen molar-refractivity contribution in [3.05, 3.63) is 121 Å². The van der Waals surface area contributed by atoms with Gasteiger partial charge in [-0.3, -0.25) is 4.98 Å². The molecule has 3 heterocycles. The molecule has 8 heteroatoms. The van der Waals surface area contributed by atoms with Crippen LogP contribution >= 0.6 is 12.2 Å². The van der Waals surface area contributed by atoms with Crippen LogP contribution in [0.3, 0.4) is 0 Å². The van der Waals surface area contributed by atoms with Crippen LogP contribution in [0.4, 0.5) is 5.69 Å². The molecule has 206 valence electrons. The second-order valence-corrected chi connectivity index (χ2v) is 9.81. The smallest absolute Gasteiger partial charge is 0.174 e. The lowest BCUT2D eigenvalue weighted by molar-refractivity contribution is 0.340. The minimum Gasteiger partial charge on any atom is -0.497 e. The van der Waals surface area contributed by atoms with Crippen molar-refractivity contribution in [2.75, 3.05) is 18.6 Å². The summed E-state index contributed by atoms with van der Waals surface area (Å²) >= 11 is 5.87. The van der Waals surface area contributed by atoms with E-state index in [1.807, 2.05) is 110 Å². The van der Waals surface area contributed by atoms with Crippen LogP contribution in [0.15, 0.2) is 114 Å². The average Bonchev–Trinajstić information content (AvgIpc) is 3.64. The average molecular weight is 564 g/mol. The van der Waals surface area contributed by atoms with Crippen LogP contribution in [0.1, 0.15) is 30.5 Å². The van der Waals surface area contributed by atoms with E-state index in [1.165, 1.54) is 0 Å². The monoisotopic (exact) mass is 563 g/mol. The van der Waals surface area contributed by atoms with E-state index < -0.39 is 0 Å². The van der Waals surface area contributed by atoms with E-state index in [0.717, 1.165) is 45.7 Å². The molecule has 2 unspecified atom stereocenters. The van der Waals surface area contributed by atoms with Crippen LogP contribution in [-0.4, -0.2) is 23.8 Å². The standard InChI is InChI=1S/C33H29N3O4S/c1-3-38-25-11-7-22(8-12-25)29-19-20-30(40-29)32-31(28-6-4-5-21-34-28)35-33(41)36(32)23-9-13-26(14-10-23)39-27-17-15-24(37-2)16-18-27/h4-21,31-32H,3H2,1-2H3,(H,35,41). The minimum absolute atomic E-state index is 0.210. The highest BCUT2D eigenvalue weighted by molar-refractivity contribution is 7.80. The molecule has 7 nitrogen and oxygen atoms in total. The molecule has 41 heavy (non-hydrogen) atoms. The van der Waals surface area contributed by atoms with Gasteiger partial charge in [-0.1, -0.05) is 6.07 Å². The van der Waals surface area contributed by atoms with Crippen LogP contribution in [0.5, 0.6) is 23.0 Å². The lowest BCUT2D eigenvalue weighted by Crippen LogP contribution is -2.29. The summed E-state index contributed by atoms with van der Waals surface area (Å²) in [6.45, 7) is 2.59. The maximum atomic E-state index is 6.48. The van der Waals surface area contributed by atoms with E-state index in [9.17, 15) is 0 Å². The zero-order valence-electron chi connectivity index (χ0n) is 22.7. The van der Waals surface area contributed by atoms with Gasteiger partial charge < -0.3 is 28.8 Å². The van der Waals surface area contributed by atoms with Crippen molar-refractivity contribution in [2.24, 2.45) is 0 Å². The molecular formula is C33H29N3O4S. The summed E-state index contributed by atoms with van der Waals surface area (Å²) < 4.78 is 23.3. The molecule has 5 aromatic rings. The fourth-order valence-electron chi connectivity index (χ4n) is 4.93. The molecule has 0 aliphatic carbocycles. The Morgan fingerprint density at radius 2 is 1.51 bits per heavy atom. The largest absolute Gasteiger partial charge is 0.497 e. The number of ether oxygens (including phenoxy) is 3. The fraction of sp³-hybridized carbons (Fsp3) is 0.152. The Kier molecular flexibility index (Phi) is 7.56. The number of anilines is 1. The second-order valence-electron chi connectivity index (χ2n) is 9.43. The van der Waals surface area contributed by atoms with Crippen LogP contribution in [0, 0.1) is 0 Å². The number of furan rings is 1. The number of rotatable bonds is 9. The molecule has 3 aromatic carbocycles. The van der Waals surface area contributed by atoms with Crippen molar-refractivity contribution >= 4 is 23.0 Å². The van der Waals surface area contributed by atoms with Gasteiger partial charge in [0.2, 0.25) is 0 Å². The van der Waals surface area contributed by atoms with Crippen molar-refractivity contribution in [3.8, 4) is 34.3 Å². The van der Waals surface area contributed by atoms with Gasteiger partial charge in [-0.25, -0.2) is 0 Å². The number of nitrogens with zero attached hydrogens (tertiary/aromatic N) is 2. The lowest BCUT2D eigenvalue weighted by Gasteiger charge is -2.26. The van der Waals surface area contributed by atoms with Gasteiger partial charge in [0.15, 0.2) is 5.11 Å². The van der Waals surface area contributed by atoms with Crippen LogP contribution in [0.25, 0.3) is 11.3 Å². The zero-order chi connectivity index (χ0) is 28.2. The highest BCUT2D eigenvalue weighted by Crippen LogP contribution is 2.43. The molecule has 2 aromatic heterocycles. The second kappa shape index (κ2) is 11.7. The molecule has 2 atom stereocenters. The van der Waals surface area contributed by atoms with E-state index in [0.29, 0.717) is 17.5 Å². The molecule has 0 radical (unpaired) electrons. The lowest BCUT2D eigenvalue weighted by atomic mass is 10.0. The Bertz CT molecular complexity index is 1600. The van der Waals surface area contributed by atoms with Crippen LogP contribution < -0.4 is 24.4 Å². The van der Waals surface area contributed by atoms with E-state index in [4.69, 9.17) is 30.8 Å². The first kappa shape index (κ1) is 26.4. The van der Waals surface area contributed by atoms with E-state index in [2.05, 4.69) is 15.2 Å². The summed E-state index contributed by atoms with van der Waals surface area (Å²) in [6, 6.07) is 32.7. The SMILES string of the molecule is CCOc1ccc(-c2ccc(C3C(c4ccccn4)NC(=S)N3c3ccc(Oc4ccc(OC)cc4)cc3)o2)cc1. The Morgan fingerprint density at radius 3 is 2.17 bits per heavy atom. The first-order valence-corrected chi connectivity index (χ1v) is 13.8. The Labute approximate surface area is 244 Å². The number of benzene rings is 3. The van der Waals surface area contributed by atoms with Gasteiger partial charge in [-0.05, 0) is 116 Å². The summed E-state index contributed by atoms with van der Waals surface area (Å²) in [5.41, 5.74) is 2.75. The van der Waals surface area contributed by atoms with Crippen molar-refractivity contribution < 1.29 is 18.6 Å². The molecule has 0 bridgehead atoms. The molecule has 0 saturated carbocycles. The number of hydrogen-bond acceptors (Lipinski definition) is 6. The molecule has 0 spiro atoms. The van der Waals surface area contributed by atoms with Gasteiger partial charge in [0, 0.05) is 17.4 Å². The quantitative estimate of drug-likeness (QED) is 0.183. The van der Waals surface area contributed by atoms with Crippen molar-refractivity contribution in [1.29, 1.82) is 0 Å². The zero-order valence-corrected chi connectivity index (χ0v) is 23.5. The summed E-state index contributed by atoms with van der Waals surface area (Å²) in [4.78, 5) is 6.71. The molecule has 1 fully saturated rings. The summed E-state index contributed by atoms with van der Waals surface area (Å²) in [5.74, 6) is 4.58. The van der Waals surface area contributed by atoms with Crippen molar-refractivity contribution in [2.45, 2.75) is 19.0 Å². The van der Waals surface area contributed by atoms with E-state index >= 15 is 0 Å². The predicted octanol–water partition coefficient (Wildman–Crippen LogP) is 7.72. The van der Waals surface area contributed by atoms with E-state index in [1.54, 1.807) is 13.3 Å². The number of hydrogen-bond donors (Lipinski definition) is 1. The highest BCUT2D eigenvalue weighted by Gasteiger charge is 2.42. The molecule has 0 amide bonds. The van der Waals surface area contributed by atoms with Gasteiger partial charge in [0.05, 0.1) is 25.5 Å². The number of pyridine rings is 1. The van der Waals surface area contributed by atoms with E-state index in [-0.39, 0.29) is 12.1 Å². The van der Waals surface area contributed by atoms with Gasteiger partial charge in [0.25, 0.3) is 0 Å². The van der Waals surface area contributed by atoms with Gasteiger partial charge in [-0.2, -0.15) is 0 Å². The molecule has 1 N–H and O–H groups in total.